The van der Waals surface area contributed by atoms with Gasteiger partial charge < -0.3 is 84.1 Å². The number of hydrogen-bond acceptors (Lipinski definition) is 18. The van der Waals surface area contributed by atoms with Gasteiger partial charge in [0.25, 0.3) is 0 Å². The summed E-state index contributed by atoms with van der Waals surface area (Å²) in [5, 5.41) is 93.8. The Morgan fingerprint density at radius 2 is 1.33 bits per heavy atom. The zero-order valence-electron chi connectivity index (χ0n) is 34.0. The van der Waals surface area contributed by atoms with Gasteiger partial charge in [-0.05, 0) is 30.9 Å². The van der Waals surface area contributed by atoms with Gasteiger partial charge in [0.05, 0.1) is 55.2 Å². The maximum Gasteiger partial charge on any atom is 0.337 e. The summed E-state index contributed by atoms with van der Waals surface area (Å²) in [6, 6.07) is 7.52. The average molecular weight is 885 g/mol. The molecule has 0 spiro atoms. The van der Waals surface area contributed by atoms with Crippen LogP contribution in [0.25, 0.3) is 21.8 Å². The largest absolute Gasteiger partial charge is 0.478 e. The molecular formula is C43H52N2O18. The Labute approximate surface area is 359 Å². The Balaban J connectivity index is 1.18. The number of aliphatic hydroxyl groups excluding tert-OH is 8. The van der Waals surface area contributed by atoms with Crippen molar-refractivity contribution in [1.82, 2.24) is 9.97 Å². The molecule has 63 heavy (non-hydrogen) atoms. The zero-order chi connectivity index (χ0) is 45.3. The first-order chi connectivity index (χ1) is 30.3. The number of aromatic amines is 1. The standard InChI is InChI=1S/C43H52N2O18/c1-4-19-21(24(38(54)55)16-58-40(19)62-42-36(52)34(50)32(48)28(14-46)60-42)11-10-18-13-44-27(31-30(18)22-8-6-7-9-26(22)45-31)12-23-20(5-2)41(59-17-25(23)39(56)57-3)63-43-37(53)35(51)33(49)29(15-47)61-43/h4-9,13,16-17,19-21,23,28-29,32-37,40-43,45-53H,1-2,10-12,14-15H2,3H3,(H,54,55). The van der Waals surface area contributed by atoms with E-state index >= 15 is 0 Å². The topological polar surface area (TPSA) is 310 Å². The van der Waals surface area contributed by atoms with Gasteiger partial charge in [-0.3, -0.25) is 4.98 Å². The molecule has 3 aromatic rings. The van der Waals surface area contributed by atoms with E-state index in [0.29, 0.717) is 11.2 Å². The number of hydrogen-bond donors (Lipinski definition) is 10. The first-order valence-corrected chi connectivity index (χ1v) is 20.3. The molecule has 342 valence electrons. The minimum atomic E-state index is -1.73. The van der Waals surface area contributed by atoms with E-state index in [2.05, 4.69) is 18.1 Å². The molecule has 2 saturated heterocycles. The minimum Gasteiger partial charge on any atom is -0.478 e. The van der Waals surface area contributed by atoms with E-state index in [1.54, 1.807) is 6.20 Å². The summed E-state index contributed by atoms with van der Waals surface area (Å²) in [4.78, 5) is 34.1. The molecule has 0 saturated carbocycles. The number of aryl methyl sites for hydroxylation is 1. The number of aliphatic hydroxyl groups is 8. The molecule has 4 aliphatic rings. The summed E-state index contributed by atoms with van der Waals surface area (Å²) in [5.74, 6) is -5.13. The van der Waals surface area contributed by atoms with Gasteiger partial charge in [-0.25, -0.2) is 9.59 Å². The summed E-state index contributed by atoms with van der Waals surface area (Å²) in [6.07, 6.45) is -10.8. The van der Waals surface area contributed by atoms with Crippen molar-refractivity contribution in [3.05, 3.63) is 90.7 Å². The molecule has 0 bridgehead atoms. The molecule has 16 atom stereocenters. The Bertz CT molecular complexity index is 2210. The van der Waals surface area contributed by atoms with Crippen molar-refractivity contribution in [1.29, 1.82) is 0 Å². The molecule has 2 fully saturated rings. The summed E-state index contributed by atoms with van der Waals surface area (Å²) in [5.41, 5.74) is 2.66. The Morgan fingerprint density at radius 1 is 0.778 bits per heavy atom. The summed E-state index contributed by atoms with van der Waals surface area (Å²) in [6.45, 7) is 6.50. The third-order valence-corrected chi connectivity index (χ3v) is 12.3. The number of carboxylic acids is 1. The number of carbonyl (C=O) groups excluding carboxylic acids is 1. The molecule has 20 heteroatoms. The highest BCUT2D eigenvalue weighted by molar-refractivity contribution is 6.09. The molecule has 20 nitrogen and oxygen atoms in total. The number of methoxy groups -OCH3 is 1. The third kappa shape index (κ3) is 8.86. The molecule has 6 heterocycles. The number of para-hydroxylation sites is 1. The second-order valence-corrected chi connectivity index (χ2v) is 15.9. The molecule has 7 rings (SSSR count). The lowest BCUT2D eigenvalue weighted by Crippen LogP contribution is -2.60. The molecule has 16 unspecified atom stereocenters. The van der Waals surface area contributed by atoms with Crippen LogP contribution in [0.1, 0.15) is 17.7 Å². The Kier molecular flexibility index (Phi) is 14.3. The van der Waals surface area contributed by atoms with Gasteiger partial charge >= 0.3 is 11.9 Å². The fourth-order valence-electron chi connectivity index (χ4n) is 8.81. The molecule has 0 amide bonds. The van der Waals surface area contributed by atoms with E-state index in [0.717, 1.165) is 28.1 Å². The number of benzene rings is 1. The quantitative estimate of drug-likeness (QED) is 0.0673. The van der Waals surface area contributed by atoms with Crippen LogP contribution in [0.5, 0.6) is 0 Å². The van der Waals surface area contributed by atoms with Crippen molar-refractivity contribution in [2.45, 2.75) is 93.3 Å². The number of nitrogens with one attached hydrogen (secondary N) is 1. The van der Waals surface area contributed by atoms with E-state index < -0.39 is 123 Å². The van der Waals surface area contributed by atoms with Gasteiger partial charge in [-0.15, -0.1) is 13.2 Å². The number of rotatable bonds is 15. The van der Waals surface area contributed by atoms with E-state index in [9.17, 15) is 55.5 Å². The van der Waals surface area contributed by atoms with E-state index in [1.165, 1.54) is 25.5 Å². The summed E-state index contributed by atoms with van der Waals surface area (Å²) in [7, 11) is 1.21. The number of pyridine rings is 1. The SMILES string of the molecule is C=CC1C(OC2OC(CO)C(O)C(O)C2O)OC=C(C(=O)O)C1CCc1cnc(CC2C(C(=O)OC)=COC(OC3OC(CO)C(O)C(O)C3O)C2C=C)c2[nH]c3ccccc3c12. The number of ether oxygens (including phenoxy) is 7. The lowest BCUT2D eigenvalue weighted by Gasteiger charge is -2.43. The second-order valence-electron chi connectivity index (χ2n) is 15.9. The first kappa shape index (κ1) is 46.2. The van der Waals surface area contributed by atoms with Gasteiger partial charge in [0.2, 0.25) is 12.6 Å². The summed E-state index contributed by atoms with van der Waals surface area (Å²) < 4.78 is 39.6. The number of aromatic nitrogens is 2. The Morgan fingerprint density at radius 3 is 1.87 bits per heavy atom. The molecule has 0 aliphatic carbocycles. The van der Waals surface area contributed by atoms with Crippen LogP contribution in [0.2, 0.25) is 0 Å². The van der Waals surface area contributed by atoms with Crippen molar-refractivity contribution >= 4 is 33.7 Å². The van der Waals surface area contributed by atoms with Crippen molar-refractivity contribution < 1.29 is 88.7 Å². The lowest BCUT2D eigenvalue weighted by atomic mass is 9.79. The second kappa shape index (κ2) is 19.5. The van der Waals surface area contributed by atoms with Gasteiger partial charge in [-0.2, -0.15) is 0 Å². The van der Waals surface area contributed by atoms with Gasteiger partial charge in [-0.1, -0.05) is 30.4 Å². The first-order valence-electron chi connectivity index (χ1n) is 20.3. The number of nitrogens with zero attached hydrogens (tertiary/aromatic N) is 1. The van der Waals surface area contributed by atoms with Gasteiger partial charge in [0.1, 0.15) is 48.8 Å². The number of carboxylic acid groups (broad SMARTS) is 1. The van der Waals surface area contributed by atoms with Gasteiger partial charge in [0.15, 0.2) is 12.6 Å². The highest BCUT2D eigenvalue weighted by atomic mass is 16.8. The molecule has 0 radical (unpaired) electrons. The number of esters is 1. The van der Waals surface area contributed by atoms with Crippen molar-refractivity contribution in [3.63, 3.8) is 0 Å². The number of aliphatic carboxylic acids is 1. The third-order valence-electron chi connectivity index (χ3n) is 12.3. The van der Waals surface area contributed by atoms with Crippen LogP contribution in [-0.4, -0.2) is 162 Å². The predicted molar refractivity (Wildman–Crippen MR) is 215 cm³/mol. The van der Waals surface area contributed by atoms with Crippen LogP contribution < -0.4 is 0 Å². The number of fused-ring (bicyclic) bond motifs is 3. The summed E-state index contributed by atoms with van der Waals surface area (Å²) >= 11 is 0. The fraction of sp³-hybridized carbons (Fsp3) is 0.512. The fourth-order valence-corrected chi connectivity index (χ4v) is 8.81. The van der Waals surface area contributed by atoms with E-state index in [4.69, 9.17) is 38.1 Å². The molecule has 1 aromatic carbocycles. The van der Waals surface area contributed by atoms with Crippen molar-refractivity contribution in [2.24, 2.45) is 23.7 Å². The molecule has 2 aromatic heterocycles. The number of carbonyl (C=O) groups is 2. The highest BCUT2D eigenvalue weighted by Gasteiger charge is 2.49. The minimum absolute atomic E-state index is 0.0779. The lowest BCUT2D eigenvalue weighted by molar-refractivity contribution is -0.339. The van der Waals surface area contributed by atoms with Crippen LogP contribution in [0.4, 0.5) is 0 Å². The average Bonchev–Trinajstić information content (AvgIpc) is 3.69. The smallest absolute Gasteiger partial charge is 0.337 e. The normalized spacial score (nSPS) is 35.8. The number of H-pyrrole nitrogens is 1. The van der Waals surface area contributed by atoms with Crippen LogP contribution in [0.15, 0.2) is 79.4 Å². The van der Waals surface area contributed by atoms with Crippen molar-refractivity contribution in [3.8, 4) is 0 Å². The zero-order valence-corrected chi connectivity index (χ0v) is 34.0. The van der Waals surface area contributed by atoms with Gasteiger partial charge in [0, 0.05) is 46.2 Å². The van der Waals surface area contributed by atoms with Crippen molar-refractivity contribution in [2.75, 3.05) is 20.3 Å². The van der Waals surface area contributed by atoms with E-state index in [-0.39, 0.29) is 30.4 Å². The van der Waals surface area contributed by atoms with Crippen LogP contribution in [0.3, 0.4) is 0 Å². The van der Waals surface area contributed by atoms with E-state index in [1.807, 2.05) is 24.3 Å². The maximum atomic E-state index is 13.2. The molecular weight excluding hydrogens is 832 g/mol. The molecule has 10 N–H and O–H groups in total. The Hall–Kier alpha value is -4.81. The monoisotopic (exact) mass is 884 g/mol. The van der Waals surface area contributed by atoms with Crippen LogP contribution >= 0.6 is 0 Å². The maximum absolute atomic E-state index is 13.2. The molecule has 4 aliphatic heterocycles. The van der Waals surface area contributed by atoms with Crippen LogP contribution in [0, 0.1) is 23.7 Å². The highest BCUT2D eigenvalue weighted by Crippen LogP contribution is 2.41. The van der Waals surface area contributed by atoms with Crippen LogP contribution in [-0.2, 0) is 55.6 Å². The predicted octanol–water partition coefficient (Wildman–Crippen LogP) is -0.601.